The van der Waals surface area contributed by atoms with E-state index in [0.717, 1.165) is 12.8 Å². The van der Waals surface area contributed by atoms with Crippen molar-refractivity contribution in [2.75, 3.05) is 0 Å². The number of ketones is 1. The van der Waals surface area contributed by atoms with E-state index >= 15 is 0 Å². The quantitative estimate of drug-likeness (QED) is 0.761. The van der Waals surface area contributed by atoms with E-state index in [0.29, 0.717) is 11.7 Å². The fourth-order valence-corrected chi connectivity index (χ4v) is 2.18. The molecule has 0 aliphatic heterocycles. The van der Waals surface area contributed by atoms with E-state index in [2.05, 4.69) is 23.9 Å². The average molecular weight is 275 g/mol. The molecule has 0 bridgehead atoms. The molecule has 0 fully saturated rings. The number of pyridine rings is 1. The number of halogens is 1. The van der Waals surface area contributed by atoms with Gasteiger partial charge >= 0.3 is 0 Å². The van der Waals surface area contributed by atoms with Gasteiger partial charge in [-0.05, 0) is 31.0 Å². The minimum atomic E-state index is -0.586. The molecule has 0 spiro atoms. The molecule has 20 heavy (non-hydrogen) atoms. The molecule has 0 saturated carbocycles. The first-order valence-corrected chi connectivity index (χ1v) is 6.83. The van der Waals surface area contributed by atoms with Crippen LogP contribution >= 0.6 is 0 Å². The maximum atomic E-state index is 13.5. The number of rotatable bonds is 6. The third-order valence-corrected chi connectivity index (χ3v) is 3.34. The predicted octanol–water partition coefficient (Wildman–Crippen LogP) is 3.20. The van der Waals surface area contributed by atoms with Crippen LogP contribution in [-0.2, 0) is 6.42 Å². The molecule has 0 unspecified atom stereocenters. The second-order valence-corrected chi connectivity index (χ2v) is 4.69. The van der Waals surface area contributed by atoms with Crippen molar-refractivity contribution in [3.63, 3.8) is 0 Å². The zero-order chi connectivity index (χ0) is 14.5. The van der Waals surface area contributed by atoms with E-state index in [4.69, 9.17) is 0 Å². The number of nitrogens with zero attached hydrogens (tertiary/aromatic N) is 3. The SMILES string of the molecule is CCC(CC)n1ccc(CC(=O)c2ncccc2F)n1. The molecule has 2 rings (SSSR count). The highest BCUT2D eigenvalue weighted by molar-refractivity contribution is 5.95. The smallest absolute Gasteiger partial charge is 0.190 e. The van der Waals surface area contributed by atoms with E-state index in [9.17, 15) is 9.18 Å². The maximum Gasteiger partial charge on any atom is 0.190 e. The van der Waals surface area contributed by atoms with Crippen LogP contribution in [0.2, 0.25) is 0 Å². The van der Waals surface area contributed by atoms with Crippen molar-refractivity contribution in [2.24, 2.45) is 0 Å². The molecule has 0 aliphatic carbocycles. The van der Waals surface area contributed by atoms with E-state index in [1.54, 1.807) is 6.07 Å². The molecule has 106 valence electrons. The highest BCUT2D eigenvalue weighted by Gasteiger charge is 2.15. The summed E-state index contributed by atoms with van der Waals surface area (Å²) in [5.74, 6) is -0.935. The Kier molecular flexibility index (Phi) is 4.61. The zero-order valence-corrected chi connectivity index (χ0v) is 11.7. The molecule has 0 atom stereocenters. The van der Waals surface area contributed by atoms with Crippen LogP contribution in [0.4, 0.5) is 4.39 Å². The van der Waals surface area contributed by atoms with Crippen molar-refractivity contribution >= 4 is 5.78 Å². The standard InChI is InChI=1S/C15H18FN3O/c1-3-12(4-2)19-9-7-11(18-19)10-14(20)15-13(16)6-5-8-17-15/h5-9,12H,3-4,10H2,1-2H3. The fourth-order valence-electron chi connectivity index (χ4n) is 2.18. The van der Waals surface area contributed by atoms with Gasteiger partial charge in [0.05, 0.1) is 18.2 Å². The van der Waals surface area contributed by atoms with Crippen molar-refractivity contribution in [3.8, 4) is 0 Å². The van der Waals surface area contributed by atoms with Crippen LogP contribution in [0, 0.1) is 5.82 Å². The normalized spacial score (nSPS) is 11.0. The van der Waals surface area contributed by atoms with Crippen LogP contribution in [0.1, 0.15) is 48.9 Å². The monoisotopic (exact) mass is 275 g/mol. The van der Waals surface area contributed by atoms with E-state index < -0.39 is 5.82 Å². The van der Waals surface area contributed by atoms with E-state index in [1.807, 2.05) is 10.9 Å². The van der Waals surface area contributed by atoms with E-state index in [1.165, 1.54) is 18.3 Å². The number of Topliss-reactive ketones (excluding diaryl/α,β-unsaturated/α-hetero) is 1. The molecular weight excluding hydrogens is 257 g/mol. The first-order chi connectivity index (χ1) is 9.65. The van der Waals surface area contributed by atoms with Gasteiger partial charge in [-0.1, -0.05) is 13.8 Å². The number of aromatic nitrogens is 3. The molecule has 0 aliphatic rings. The lowest BCUT2D eigenvalue weighted by Crippen LogP contribution is -2.11. The van der Waals surface area contributed by atoms with Gasteiger partial charge in [-0.15, -0.1) is 0 Å². The van der Waals surface area contributed by atoms with Crippen molar-refractivity contribution in [3.05, 3.63) is 47.8 Å². The summed E-state index contributed by atoms with van der Waals surface area (Å²) in [6.45, 7) is 4.20. The first-order valence-electron chi connectivity index (χ1n) is 6.83. The maximum absolute atomic E-state index is 13.5. The highest BCUT2D eigenvalue weighted by Crippen LogP contribution is 2.15. The van der Waals surface area contributed by atoms with Crippen molar-refractivity contribution in [1.29, 1.82) is 0 Å². The Morgan fingerprint density at radius 3 is 2.75 bits per heavy atom. The van der Waals surface area contributed by atoms with Crippen molar-refractivity contribution in [1.82, 2.24) is 14.8 Å². The summed E-state index contributed by atoms with van der Waals surface area (Å²) in [4.78, 5) is 15.8. The minimum Gasteiger partial charge on any atom is -0.292 e. The largest absolute Gasteiger partial charge is 0.292 e. The number of hydrogen-bond acceptors (Lipinski definition) is 3. The summed E-state index contributed by atoms with van der Waals surface area (Å²) in [7, 11) is 0. The Balaban J connectivity index is 2.11. The van der Waals surface area contributed by atoms with Gasteiger partial charge in [0.15, 0.2) is 11.6 Å². The van der Waals surface area contributed by atoms with Crippen molar-refractivity contribution < 1.29 is 9.18 Å². The molecular formula is C15H18FN3O. The molecule has 0 radical (unpaired) electrons. The molecule has 2 heterocycles. The van der Waals surface area contributed by atoms with Crippen LogP contribution < -0.4 is 0 Å². The Hall–Kier alpha value is -2.04. The lowest BCUT2D eigenvalue weighted by Gasteiger charge is -2.12. The third kappa shape index (κ3) is 3.10. The van der Waals surface area contributed by atoms with Crippen LogP contribution in [-0.4, -0.2) is 20.5 Å². The summed E-state index contributed by atoms with van der Waals surface area (Å²) >= 11 is 0. The fraction of sp³-hybridized carbons (Fsp3) is 0.400. The van der Waals surface area contributed by atoms with Crippen LogP contribution in [0.25, 0.3) is 0 Å². The predicted molar refractivity (Wildman–Crippen MR) is 74.1 cm³/mol. The third-order valence-electron chi connectivity index (χ3n) is 3.34. The van der Waals surface area contributed by atoms with E-state index in [-0.39, 0.29) is 17.9 Å². The summed E-state index contributed by atoms with van der Waals surface area (Å²) in [5, 5.41) is 4.39. The van der Waals surface area contributed by atoms with Gasteiger partial charge in [0, 0.05) is 12.4 Å². The van der Waals surface area contributed by atoms with Crippen molar-refractivity contribution in [2.45, 2.75) is 39.2 Å². The van der Waals surface area contributed by atoms with Gasteiger partial charge < -0.3 is 0 Å². The first kappa shape index (κ1) is 14.4. The Bertz CT molecular complexity index is 590. The molecule has 0 N–H and O–H groups in total. The Morgan fingerprint density at radius 1 is 1.35 bits per heavy atom. The Morgan fingerprint density at radius 2 is 2.10 bits per heavy atom. The lowest BCUT2D eigenvalue weighted by molar-refractivity contribution is 0.0982. The van der Waals surface area contributed by atoms with Crippen LogP contribution in [0.5, 0.6) is 0 Å². The second kappa shape index (κ2) is 6.41. The second-order valence-electron chi connectivity index (χ2n) is 4.69. The lowest BCUT2D eigenvalue weighted by atomic mass is 10.1. The van der Waals surface area contributed by atoms with Crippen LogP contribution in [0.3, 0.4) is 0 Å². The minimum absolute atomic E-state index is 0.0705. The number of carbonyl (C=O) groups excluding carboxylic acids is 1. The number of hydrogen-bond donors (Lipinski definition) is 0. The molecule has 0 saturated heterocycles. The highest BCUT2D eigenvalue weighted by atomic mass is 19.1. The summed E-state index contributed by atoms with van der Waals surface area (Å²) in [5.41, 5.74) is 0.525. The molecule has 4 nitrogen and oxygen atoms in total. The summed E-state index contributed by atoms with van der Waals surface area (Å²) in [6.07, 6.45) is 5.33. The summed E-state index contributed by atoms with van der Waals surface area (Å²) < 4.78 is 15.3. The van der Waals surface area contributed by atoms with Gasteiger partial charge in [-0.3, -0.25) is 14.5 Å². The van der Waals surface area contributed by atoms with Gasteiger partial charge in [-0.25, -0.2) is 4.39 Å². The topological polar surface area (TPSA) is 47.8 Å². The number of carbonyl (C=O) groups is 1. The molecule has 0 aromatic carbocycles. The molecule has 2 aromatic rings. The van der Waals surface area contributed by atoms with Crippen LogP contribution in [0.15, 0.2) is 30.6 Å². The summed E-state index contributed by atoms with van der Waals surface area (Å²) in [6, 6.07) is 4.85. The van der Waals surface area contributed by atoms with Gasteiger partial charge in [0.25, 0.3) is 0 Å². The molecule has 0 amide bonds. The Labute approximate surface area is 117 Å². The van der Waals surface area contributed by atoms with Gasteiger partial charge in [0.2, 0.25) is 0 Å². The zero-order valence-electron chi connectivity index (χ0n) is 11.7. The molecule has 5 heteroatoms. The molecule has 2 aromatic heterocycles. The van der Waals surface area contributed by atoms with Gasteiger partial charge in [-0.2, -0.15) is 5.10 Å². The average Bonchev–Trinajstić information content (AvgIpc) is 2.89. The van der Waals surface area contributed by atoms with Gasteiger partial charge in [0.1, 0.15) is 5.69 Å².